The van der Waals surface area contributed by atoms with E-state index in [1.807, 2.05) is 30.5 Å². The molecule has 0 radical (unpaired) electrons. The van der Waals surface area contributed by atoms with Crippen molar-refractivity contribution >= 4 is 56.2 Å². The molecule has 0 unspecified atom stereocenters. The van der Waals surface area contributed by atoms with Crippen LogP contribution in [0.5, 0.6) is 0 Å². The predicted molar refractivity (Wildman–Crippen MR) is 120 cm³/mol. The summed E-state index contributed by atoms with van der Waals surface area (Å²) in [6, 6.07) is 14.0. The van der Waals surface area contributed by atoms with Crippen LogP contribution >= 0.6 is 34.4 Å². The number of carbonyl (C=O) groups excluding carboxylic acids is 1. The maximum atomic E-state index is 13.3. The van der Waals surface area contributed by atoms with Gasteiger partial charge in [-0.2, -0.15) is 0 Å². The summed E-state index contributed by atoms with van der Waals surface area (Å²) >= 11 is 4.74. The monoisotopic (exact) mass is 443 g/mol. The van der Waals surface area contributed by atoms with Gasteiger partial charge in [0.15, 0.2) is 0 Å². The van der Waals surface area contributed by atoms with E-state index in [-0.39, 0.29) is 11.7 Å². The zero-order valence-corrected chi connectivity index (χ0v) is 18.1. The molecule has 0 fully saturated rings. The van der Waals surface area contributed by atoms with Crippen LogP contribution in [0.2, 0.25) is 0 Å². The third kappa shape index (κ3) is 5.01. The van der Waals surface area contributed by atoms with Crippen LogP contribution in [0.15, 0.2) is 53.9 Å². The Morgan fingerprint density at radius 3 is 2.66 bits per heavy atom. The number of aryl methyl sites for hydroxylation is 1. The summed E-state index contributed by atoms with van der Waals surface area (Å²) in [6.07, 6.45) is 0. The smallest absolute Gasteiger partial charge is 0.237 e. The Morgan fingerprint density at radius 1 is 1.14 bits per heavy atom. The number of thiazole rings is 2. The van der Waals surface area contributed by atoms with Gasteiger partial charge in [0, 0.05) is 16.8 Å². The van der Waals surface area contributed by atoms with E-state index >= 15 is 0 Å². The molecule has 0 aliphatic heterocycles. The Morgan fingerprint density at radius 2 is 1.93 bits per heavy atom. The quantitative estimate of drug-likeness (QED) is 0.369. The molecule has 0 bridgehead atoms. The standard InChI is InChI=1S/C21H18FN3OS3/c1-14-23-16(11-28-14)10-25(17-8-6-15(22)7-9-17)21(26)13-27-12-20-24-18-4-2-3-5-19(18)29-20/h2-9,11H,10,12-13H2,1H3. The fourth-order valence-corrected chi connectivity index (χ4v) is 5.40. The van der Waals surface area contributed by atoms with E-state index in [0.29, 0.717) is 23.7 Å². The number of carbonyl (C=O) groups is 1. The molecule has 2 heterocycles. The zero-order valence-electron chi connectivity index (χ0n) is 15.7. The second-order valence-corrected chi connectivity index (χ2v) is 9.55. The molecule has 4 nitrogen and oxygen atoms in total. The minimum absolute atomic E-state index is 0.0339. The van der Waals surface area contributed by atoms with Gasteiger partial charge < -0.3 is 4.90 Å². The van der Waals surface area contributed by atoms with Crippen molar-refractivity contribution in [2.24, 2.45) is 0 Å². The van der Waals surface area contributed by atoms with Crippen molar-refractivity contribution in [2.45, 2.75) is 19.2 Å². The molecule has 4 rings (SSSR count). The van der Waals surface area contributed by atoms with Gasteiger partial charge in [-0.05, 0) is 43.3 Å². The van der Waals surface area contributed by atoms with Gasteiger partial charge in [0.05, 0.1) is 33.2 Å². The van der Waals surface area contributed by atoms with Crippen LogP contribution in [0.4, 0.5) is 10.1 Å². The summed E-state index contributed by atoms with van der Waals surface area (Å²) in [7, 11) is 0. The number of hydrogen-bond donors (Lipinski definition) is 0. The minimum atomic E-state index is -0.323. The van der Waals surface area contributed by atoms with E-state index in [9.17, 15) is 9.18 Å². The van der Waals surface area contributed by atoms with Crippen molar-refractivity contribution in [2.75, 3.05) is 10.7 Å². The molecule has 4 aromatic rings. The van der Waals surface area contributed by atoms with E-state index in [4.69, 9.17) is 0 Å². The van der Waals surface area contributed by atoms with Gasteiger partial charge in [0.2, 0.25) is 5.91 Å². The van der Waals surface area contributed by atoms with Crippen LogP contribution < -0.4 is 4.90 Å². The first-order chi connectivity index (χ1) is 14.1. The average molecular weight is 444 g/mol. The maximum Gasteiger partial charge on any atom is 0.237 e. The molecule has 0 atom stereocenters. The molecular formula is C21H18FN3OS3. The Labute approximate surface area is 180 Å². The summed E-state index contributed by atoms with van der Waals surface area (Å²) < 4.78 is 14.5. The first-order valence-electron chi connectivity index (χ1n) is 8.97. The van der Waals surface area contributed by atoms with E-state index < -0.39 is 0 Å². The van der Waals surface area contributed by atoms with Crippen molar-refractivity contribution in [3.8, 4) is 0 Å². The first kappa shape index (κ1) is 20.0. The number of para-hydroxylation sites is 1. The average Bonchev–Trinajstić information content (AvgIpc) is 3.32. The lowest BCUT2D eigenvalue weighted by atomic mass is 10.2. The van der Waals surface area contributed by atoms with Gasteiger partial charge in [0.1, 0.15) is 10.8 Å². The van der Waals surface area contributed by atoms with Crippen LogP contribution in [0, 0.1) is 12.7 Å². The second-order valence-electron chi connectivity index (χ2n) is 6.38. The fourth-order valence-electron chi connectivity index (χ4n) is 2.87. The molecule has 0 saturated carbocycles. The van der Waals surface area contributed by atoms with Gasteiger partial charge in [-0.1, -0.05) is 12.1 Å². The highest BCUT2D eigenvalue weighted by Crippen LogP contribution is 2.26. The summed E-state index contributed by atoms with van der Waals surface area (Å²) in [4.78, 5) is 23.7. The number of nitrogens with zero attached hydrogens (tertiary/aromatic N) is 3. The topological polar surface area (TPSA) is 46.1 Å². The van der Waals surface area contributed by atoms with E-state index in [1.165, 1.54) is 23.9 Å². The molecule has 0 saturated heterocycles. The number of thioether (sulfide) groups is 1. The SMILES string of the molecule is Cc1nc(CN(C(=O)CSCc2nc3ccccc3s2)c2ccc(F)cc2)cs1. The number of hydrogen-bond acceptors (Lipinski definition) is 6. The van der Waals surface area contributed by atoms with Crippen molar-refractivity contribution in [3.05, 3.63) is 75.4 Å². The second kappa shape index (κ2) is 9.02. The Balaban J connectivity index is 1.44. The number of aromatic nitrogens is 2. The lowest BCUT2D eigenvalue weighted by Gasteiger charge is -2.22. The third-order valence-electron chi connectivity index (χ3n) is 4.22. The third-order valence-corrected chi connectivity index (χ3v) is 7.19. The largest absolute Gasteiger partial charge is 0.306 e. The molecule has 0 aliphatic carbocycles. The van der Waals surface area contributed by atoms with Crippen LogP contribution in [0.25, 0.3) is 10.2 Å². The number of rotatable bonds is 7. The molecule has 1 amide bonds. The fraction of sp³-hybridized carbons (Fsp3) is 0.190. The minimum Gasteiger partial charge on any atom is -0.306 e. The molecule has 29 heavy (non-hydrogen) atoms. The lowest BCUT2D eigenvalue weighted by Crippen LogP contribution is -2.32. The van der Waals surface area contributed by atoms with Gasteiger partial charge in [-0.3, -0.25) is 4.79 Å². The first-order valence-corrected chi connectivity index (χ1v) is 11.8. The Bertz CT molecular complexity index is 1090. The molecule has 8 heteroatoms. The molecule has 0 spiro atoms. The van der Waals surface area contributed by atoms with Crippen LogP contribution in [-0.2, 0) is 17.1 Å². The van der Waals surface area contributed by atoms with Crippen molar-refractivity contribution in [3.63, 3.8) is 0 Å². The molecule has 148 valence electrons. The Kier molecular flexibility index (Phi) is 6.22. The maximum absolute atomic E-state index is 13.3. The van der Waals surface area contributed by atoms with Crippen molar-refractivity contribution in [1.82, 2.24) is 9.97 Å². The normalized spacial score (nSPS) is 11.1. The van der Waals surface area contributed by atoms with Crippen LogP contribution in [0.1, 0.15) is 15.7 Å². The van der Waals surface area contributed by atoms with E-state index in [1.54, 1.807) is 39.7 Å². The van der Waals surface area contributed by atoms with Gasteiger partial charge in [0.25, 0.3) is 0 Å². The summed E-state index contributed by atoms with van der Waals surface area (Å²) in [6.45, 7) is 2.31. The number of benzene rings is 2. The molecular weight excluding hydrogens is 425 g/mol. The highest BCUT2D eigenvalue weighted by Gasteiger charge is 2.18. The zero-order chi connectivity index (χ0) is 20.2. The molecule has 0 N–H and O–H groups in total. The summed E-state index contributed by atoms with van der Waals surface area (Å²) in [5, 5.41) is 3.91. The number of halogens is 1. The number of amides is 1. The van der Waals surface area contributed by atoms with Crippen molar-refractivity contribution < 1.29 is 9.18 Å². The molecule has 2 aromatic carbocycles. The highest BCUT2D eigenvalue weighted by atomic mass is 32.2. The van der Waals surface area contributed by atoms with E-state index in [2.05, 4.69) is 16.0 Å². The van der Waals surface area contributed by atoms with Crippen LogP contribution in [0.3, 0.4) is 0 Å². The molecule has 2 aromatic heterocycles. The predicted octanol–water partition coefficient (Wildman–Crippen LogP) is 5.67. The van der Waals surface area contributed by atoms with Gasteiger partial charge >= 0.3 is 0 Å². The van der Waals surface area contributed by atoms with Crippen LogP contribution in [-0.4, -0.2) is 21.6 Å². The number of fused-ring (bicyclic) bond motifs is 1. The highest BCUT2D eigenvalue weighted by molar-refractivity contribution is 7.99. The van der Waals surface area contributed by atoms with Gasteiger partial charge in [-0.25, -0.2) is 14.4 Å². The number of anilines is 1. The molecule has 0 aliphatic rings. The Hall–Kier alpha value is -2.29. The lowest BCUT2D eigenvalue weighted by molar-refractivity contribution is -0.116. The summed E-state index contributed by atoms with van der Waals surface area (Å²) in [5.41, 5.74) is 2.50. The summed E-state index contributed by atoms with van der Waals surface area (Å²) in [5.74, 6) is 0.637. The van der Waals surface area contributed by atoms with Crippen molar-refractivity contribution in [1.29, 1.82) is 0 Å². The van der Waals surface area contributed by atoms with E-state index in [0.717, 1.165) is 25.9 Å². The van der Waals surface area contributed by atoms with Gasteiger partial charge in [-0.15, -0.1) is 34.4 Å².